The van der Waals surface area contributed by atoms with E-state index < -0.39 is 10.8 Å². The highest BCUT2D eigenvalue weighted by Gasteiger charge is 2.07. The maximum atomic E-state index is 11.0. The van der Waals surface area contributed by atoms with Gasteiger partial charge in [0, 0.05) is 17.7 Å². The second kappa shape index (κ2) is 6.10. The van der Waals surface area contributed by atoms with E-state index in [1.54, 1.807) is 19.1 Å². The smallest absolute Gasteiger partial charge is 0.270 e. The van der Waals surface area contributed by atoms with Gasteiger partial charge in [-0.15, -0.1) is 0 Å². The van der Waals surface area contributed by atoms with Gasteiger partial charge < -0.3 is 0 Å². The summed E-state index contributed by atoms with van der Waals surface area (Å²) in [6.07, 6.45) is -0.286. The SMILES string of the molecule is C/C(=N/NC(=O)CC#N)c1cccc([N+](=O)[O-])c1. The van der Waals surface area contributed by atoms with Gasteiger partial charge in [-0.3, -0.25) is 14.9 Å². The summed E-state index contributed by atoms with van der Waals surface area (Å²) in [4.78, 5) is 21.1. The van der Waals surface area contributed by atoms with Gasteiger partial charge in [-0.2, -0.15) is 10.4 Å². The van der Waals surface area contributed by atoms with Gasteiger partial charge >= 0.3 is 0 Å². The molecule has 0 aliphatic heterocycles. The summed E-state index contributed by atoms with van der Waals surface area (Å²) >= 11 is 0. The van der Waals surface area contributed by atoms with Gasteiger partial charge in [0.25, 0.3) is 11.6 Å². The number of nitrogens with one attached hydrogen (secondary N) is 1. The number of hydrogen-bond acceptors (Lipinski definition) is 5. The molecule has 0 aliphatic rings. The molecule has 0 radical (unpaired) electrons. The average Bonchev–Trinajstić information content (AvgIpc) is 2.36. The molecule has 0 saturated carbocycles. The van der Waals surface area contributed by atoms with Crippen LogP contribution in [0.1, 0.15) is 18.9 Å². The molecule has 92 valence electrons. The first-order chi connectivity index (χ1) is 8.54. The first-order valence-corrected chi connectivity index (χ1v) is 4.99. The molecule has 0 heterocycles. The third-order valence-corrected chi connectivity index (χ3v) is 2.06. The number of non-ortho nitro benzene ring substituents is 1. The van der Waals surface area contributed by atoms with Gasteiger partial charge in [0.1, 0.15) is 6.42 Å². The number of rotatable bonds is 4. The third-order valence-electron chi connectivity index (χ3n) is 2.06. The van der Waals surface area contributed by atoms with E-state index in [1.165, 1.54) is 18.2 Å². The Labute approximate surface area is 103 Å². The second-order valence-electron chi connectivity index (χ2n) is 3.37. The van der Waals surface area contributed by atoms with Crippen molar-refractivity contribution in [2.45, 2.75) is 13.3 Å². The highest BCUT2D eigenvalue weighted by molar-refractivity contribution is 5.99. The van der Waals surface area contributed by atoms with Crippen LogP contribution in [0, 0.1) is 21.4 Å². The van der Waals surface area contributed by atoms with Gasteiger partial charge in [0.2, 0.25) is 0 Å². The van der Waals surface area contributed by atoms with Crippen LogP contribution in [0.2, 0.25) is 0 Å². The van der Waals surface area contributed by atoms with Gasteiger partial charge in [-0.05, 0) is 6.92 Å². The van der Waals surface area contributed by atoms with E-state index in [4.69, 9.17) is 5.26 Å². The van der Waals surface area contributed by atoms with Gasteiger partial charge in [0.05, 0.1) is 16.7 Å². The fourth-order valence-electron chi connectivity index (χ4n) is 1.17. The van der Waals surface area contributed by atoms with Crippen molar-refractivity contribution in [3.8, 4) is 6.07 Å². The number of benzene rings is 1. The lowest BCUT2D eigenvalue weighted by Gasteiger charge is -2.01. The molecular formula is C11H10N4O3. The third kappa shape index (κ3) is 3.68. The summed E-state index contributed by atoms with van der Waals surface area (Å²) in [5, 5.41) is 22.6. The van der Waals surface area contributed by atoms with Crippen molar-refractivity contribution in [3.63, 3.8) is 0 Å². The van der Waals surface area contributed by atoms with E-state index in [9.17, 15) is 14.9 Å². The van der Waals surface area contributed by atoms with Crippen molar-refractivity contribution in [1.82, 2.24) is 5.43 Å². The molecule has 0 spiro atoms. The number of amides is 1. The lowest BCUT2D eigenvalue weighted by molar-refractivity contribution is -0.384. The summed E-state index contributed by atoms with van der Waals surface area (Å²) in [7, 11) is 0. The van der Waals surface area contributed by atoms with Crippen molar-refractivity contribution in [3.05, 3.63) is 39.9 Å². The standard InChI is InChI=1S/C11H10N4O3/c1-8(13-14-11(16)5-6-12)9-3-2-4-10(7-9)15(17)18/h2-4,7H,5H2,1H3,(H,14,16)/b13-8-. The fraction of sp³-hybridized carbons (Fsp3) is 0.182. The maximum absolute atomic E-state index is 11.0. The lowest BCUT2D eigenvalue weighted by atomic mass is 10.1. The minimum atomic E-state index is -0.526. The predicted molar refractivity (Wildman–Crippen MR) is 63.7 cm³/mol. The minimum Gasteiger partial charge on any atom is -0.272 e. The molecule has 18 heavy (non-hydrogen) atoms. The molecular weight excluding hydrogens is 236 g/mol. The van der Waals surface area contributed by atoms with Gasteiger partial charge in [-0.1, -0.05) is 12.1 Å². The zero-order valence-electron chi connectivity index (χ0n) is 9.58. The summed E-state index contributed by atoms with van der Waals surface area (Å²) < 4.78 is 0. The van der Waals surface area contributed by atoms with Crippen LogP contribution in [0.25, 0.3) is 0 Å². The first-order valence-electron chi connectivity index (χ1n) is 4.99. The zero-order valence-corrected chi connectivity index (χ0v) is 9.58. The van der Waals surface area contributed by atoms with E-state index in [1.807, 2.05) is 0 Å². The van der Waals surface area contributed by atoms with Gasteiger partial charge in [0.15, 0.2) is 0 Å². The van der Waals surface area contributed by atoms with Crippen LogP contribution < -0.4 is 5.43 Å². The zero-order chi connectivity index (χ0) is 13.5. The predicted octanol–water partition coefficient (Wildman–Crippen LogP) is 1.35. The molecule has 1 rings (SSSR count). The quantitative estimate of drug-likeness (QED) is 0.491. The van der Waals surface area contributed by atoms with Crippen molar-refractivity contribution >= 4 is 17.3 Å². The molecule has 0 aromatic heterocycles. The molecule has 0 saturated heterocycles. The summed E-state index contributed by atoms with van der Waals surface area (Å²) in [6.45, 7) is 1.60. The van der Waals surface area contributed by atoms with Crippen LogP contribution >= 0.6 is 0 Å². The summed E-state index contributed by atoms with van der Waals surface area (Å²) in [6, 6.07) is 7.58. The molecule has 1 aromatic carbocycles. The lowest BCUT2D eigenvalue weighted by Crippen LogP contribution is -2.18. The number of hydrazone groups is 1. The van der Waals surface area contributed by atoms with Crippen LogP contribution in [0.3, 0.4) is 0 Å². The Morgan fingerprint density at radius 2 is 2.33 bits per heavy atom. The summed E-state index contributed by atoms with van der Waals surface area (Å²) in [5.41, 5.74) is 3.09. The second-order valence-corrected chi connectivity index (χ2v) is 3.37. The van der Waals surface area contributed by atoms with Crippen LogP contribution in [0.5, 0.6) is 0 Å². The number of carbonyl (C=O) groups is 1. The molecule has 7 nitrogen and oxygen atoms in total. The number of hydrogen-bond donors (Lipinski definition) is 1. The highest BCUT2D eigenvalue weighted by atomic mass is 16.6. The largest absolute Gasteiger partial charge is 0.272 e. The number of nitro groups is 1. The van der Waals surface area contributed by atoms with Crippen molar-refractivity contribution < 1.29 is 9.72 Å². The Morgan fingerprint density at radius 3 is 2.94 bits per heavy atom. The van der Waals surface area contributed by atoms with Crippen LogP contribution in [0.15, 0.2) is 29.4 Å². The molecule has 0 atom stereocenters. The number of carbonyl (C=O) groups excluding carboxylic acids is 1. The van der Waals surface area contributed by atoms with Gasteiger partial charge in [-0.25, -0.2) is 5.43 Å². The maximum Gasteiger partial charge on any atom is 0.270 e. The fourth-order valence-corrected chi connectivity index (χ4v) is 1.17. The molecule has 0 bridgehead atoms. The number of nitrogens with zero attached hydrogens (tertiary/aromatic N) is 3. The molecule has 1 amide bonds. The van der Waals surface area contributed by atoms with Crippen LogP contribution in [-0.2, 0) is 4.79 Å². The van der Waals surface area contributed by atoms with E-state index >= 15 is 0 Å². The van der Waals surface area contributed by atoms with Crippen molar-refractivity contribution in [1.29, 1.82) is 5.26 Å². The Bertz CT molecular complexity index is 545. The monoisotopic (exact) mass is 246 g/mol. The van der Waals surface area contributed by atoms with Crippen LogP contribution in [0.4, 0.5) is 5.69 Å². The Balaban J connectivity index is 2.84. The van der Waals surface area contributed by atoms with Crippen LogP contribution in [-0.4, -0.2) is 16.5 Å². The van der Waals surface area contributed by atoms with E-state index in [-0.39, 0.29) is 12.1 Å². The normalized spacial score (nSPS) is 10.6. The van der Waals surface area contributed by atoms with Crippen molar-refractivity contribution in [2.24, 2.45) is 5.10 Å². The van der Waals surface area contributed by atoms with E-state index in [2.05, 4.69) is 10.5 Å². The minimum absolute atomic E-state index is 0.0506. The highest BCUT2D eigenvalue weighted by Crippen LogP contribution is 2.13. The Morgan fingerprint density at radius 1 is 1.61 bits per heavy atom. The molecule has 0 unspecified atom stereocenters. The molecule has 1 aromatic rings. The molecule has 0 aliphatic carbocycles. The summed E-state index contributed by atoms with van der Waals surface area (Å²) in [5.74, 6) is -0.526. The average molecular weight is 246 g/mol. The van der Waals surface area contributed by atoms with Crippen molar-refractivity contribution in [2.75, 3.05) is 0 Å². The molecule has 7 heteroatoms. The molecule has 1 N–H and O–H groups in total. The first kappa shape index (κ1) is 13.3. The number of nitriles is 1. The number of nitro benzene ring substituents is 1. The Kier molecular flexibility index (Phi) is 4.51. The Hall–Kier alpha value is -2.75. The molecule has 0 fully saturated rings. The van der Waals surface area contributed by atoms with E-state index in [0.717, 1.165) is 0 Å². The van der Waals surface area contributed by atoms with E-state index in [0.29, 0.717) is 11.3 Å². The topological polar surface area (TPSA) is 108 Å².